The second-order valence-electron chi connectivity index (χ2n) is 6.36. The summed E-state index contributed by atoms with van der Waals surface area (Å²) in [6.07, 6.45) is 1.73. The van der Waals surface area contributed by atoms with E-state index in [2.05, 4.69) is 0 Å². The van der Waals surface area contributed by atoms with Crippen LogP contribution in [0.15, 0.2) is 35.3 Å². The Hall–Kier alpha value is -2.67. The van der Waals surface area contributed by atoms with Crippen LogP contribution in [0, 0.1) is 12.7 Å². The van der Waals surface area contributed by atoms with Gasteiger partial charge in [0, 0.05) is 37.7 Å². The first-order valence-corrected chi connectivity index (χ1v) is 8.41. The maximum absolute atomic E-state index is 14.4. The maximum Gasteiger partial charge on any atom is 0.274 e. The third-order valence-electron chi connectivity index (χ3n) is 4.72. The molecule has 1 fully saturated rings. The third kappa shape index (κ3) is 3.22. The molecule has 1 aliphatic rings. The molecule has 1 saturated heterocycles. The molecule has 0 radical (unpaired) electrons. The van der Waals surface area contributed by atoms with Gasteiger partial charge in [0.25, 0.3) is 5.56 Å². The van der Waals surface area contributed by atoms with E-state index in [4.69, 9.17) is 9.84 Å². The molecule has 1 aromatic heterocycles. The average Bonchev–Trinajstić information content (AvgIpc) is 2.99. The van der Waals surface area contributed by atoms with Crippen LogP contribution in [0.4, 0.5) is 10.1 Å². The van der Waals surface area contributed by atoms with Crippen LogP contribution in [0.5, 0.6) is 5.75 Å². The number of aromatic nitrogens is 1. The number of benzene rings is 1. The van der Waals surface area contributed by atoms with Gasteiger partial charge >= 0.3 is 0 Å². The van der Waals surface area contributed by atoms with Crippen molar-refractivity contribution >= 4 is 11.6 Å². The molecule has 1 amide bonds. The van der Waals surface area contributed by atoms with Crippen molar-refractivity contribution in [3.63, 3.8) is 0 Å². The van der Waals surface area contributed by atoms with E-state index < -0.39 is 5.82 Å². The summed E-state index contributed by atoms with van der Waals surface area (Å²) < 4.78 is 20.7. The minimum absolute atomic E-state index is 0.136. The summed E-state index contributed by atoms with van der Waals surface area (Å²) in [4.78, 5) is 26.7. The fourth-order valence-electron chi connectivity index (χ4n) is 3.36. The summed E-state index contributed by atoms with van der Waals surface area (Å²) in [5.41, 5.74) is 1.07. The van der Waals surface area contributed by atoms with E-state index in [0.29, 0.717) is 22.6 Å². The number of carbonyl (C=O) groups is 1. The highest BCUT2D eigenvalue weighted by molar-refractivity contribution is 5.97. The second-order valence-corrected chi connectivity index (χ2v) is 6.36. The number of halogens is 1. The van der Waals surface area contributed by atoms with Gasteiger partial charge in [0.2, 0.25) is 5.91 Å². The molecule has 7 heteroatoms. The number of hydrogen-bond donors (Lipinski definition) is 1. The standard InChI is InChI=1S/C19H21FN2O4/c1-12-5-6-21(7-8-23)19(25)18(12)22-11-13(9-17(22)24)15-4-3-14(26-2)10-16(15)20/h3-6,10,13,23H,7-9,11H2,1-2H3/t13-/m0/s1. The number of amides is 1. The van der Waals surface area contributed by atoms with Crippen LogP contribution in [0.1, 0.15) is 23.5 Å². The van der Waals surface area contributed by atoms with Crippen molar-refractivity contribution in [3.8, 4) is 5.75 Å². The van der Waals surface area contributed by atoms with E-state index in [9.17, 15) is 14.0 Å². The lowest BCUT2D eigenvalue weighted by atomic mass is 9.97. The number of pyridine rings is 1. The summed E-state index contributed by atoms with van der Waals surface area (Å²) in [6, 6.07) is 6.32. The van der Waals surface area contributed by atoms with Crippen molar-refractivity contribution in [3.05, 3.63) is 57.8 Å². The molecule has 1 N–H and O–H groups in total. The number of aryl methyl sites for hydroxylation is 1. The van der Waals surface area contributed by atoms with E-state index in [1.807, 2.05) is 0 Å². The summed E-state index contributed by atoms with van der Waals surface area (Å²) in [5, 5.41) is 9.09. The molecule has 2 heterocycles. The molecular formula is C19H21FN2O4. The fourth-order valence-corrected chi connectivity index (χ4v) is 3.36. The lowest BCUT2D eigenvalue weighted by Crippen LogP contribution is -2.34. The predicted octanol–water partition coefficient (Wildman–Crippen LogP) is 1.82. The van der Waals surface area contributed by atoms with Gasteiger partial charge in [-0.05, 0) is 30.2 Å². The Kier molecular flexibility index (Phi) is 5.08. The van der Waals surface area contributed by atoms with Crippen molar-refractivity contribution in [1.29, 1.82) is 0 Å². The normalized spacial score (nSPS) is 17.0. The van der Waals surface area contributed by atoms with E-state index in [0.717, 1.165) is 0 Å². The Morgan fingerprint density at radius 3 is 2.73 bits per heavy atom. The van der Waals surface area contributed by atoms with Gasteiger partial charge in [-0.1, -0.05) is 6.07 Å². The van der Waals surface area contributed by atoms with E-state index in [1.54, 1.807) is 31.3 Å². The highest BCUT2D eigenvalue weighted by Crippen LogP contribution is 2.34. The quantitative estimate of drug-likeness (QED) is 0.883. The van der Waals surface area contributed by atoms with Crippen LogP contribution in [0.25, 0.3) is 0 Å². The highest BCUT2D eigenvalue weighted by Gasteiger charge is 2.35. The summed E-state index contributed by atoms with van der Waals surface area (Å²) in [7, 11) is 1.46. The number of carbonyl (C=O) groups excluding carboxylic acids is 1. The number of anilines is 1. The number of hydrogen-bond acceptors (Lipinski definition) is 4. The van der Waals surface area contributed by atoms with Gasteiger partial charge in [-0.2, -0.15) is 0 Å². The molecule has 0 unspecified atom stereocenters. The van der Waals surface area contributed by atoms with Crippen LogP contribution in [0.2, 0.25) is 0 Å². The average molecular weight is 360 g/mol. The number of rotatable bonds is 5. The molecule has 1 aliphatic heterocycles. The third-order valence-corrected chi connectivity index (χ3v) is 4.72. The smallest absolute Gasteiger partial charge is 0.274 e. The van der Waals surface area contributed by atoms with Crippen LogP contribution >= 0.6 is 0 Å². The Labute approximate surface area is 150 Å². The van der Waals surface area contributed by atoms with Crippen LogP contribution in [0.3, 0.4) is 0 Å². The molecule has 138 valence electrons. The number of aliphatic hydroxyl groups is 1. The minimum atomic E-state index is -0.425. The van der Waals surface area contributed by atoms with Crippen molar-refractivity contribution in [2.24, 2.45) is 0 Å². The first kappa shape index (κ1) is 18.1. The number of nitrogens with zero attached hydrogens (tertiary/aromatic N) is 2. The van der Waals surface area contributed by atoms with E-state index in [-0.39, 0.29) is 43.5 Å². The molecular weight excluding hydrogens is 339 g/mol. The Morgan fingerprint density at radius 2 is 2.08 bits per heavy atom. The van der Waals surface area contributed by atoms with Crippen molar-refractivity contribution in [2.45, 2.75) is 25.8 Å². The molecule has 1 atom stereocenters. The van der Waals surface area contributed by atoms with E-state index >= 15 is 0 Å². The summed E-state index contributed by atoms with van der Waals surface area (Å²) in [6.45, 7) is 1.98. The lowest BCUT2D eigenvalue weighted by molar-refractivity contribution is -0.117. The minimum Gasteiger partial charge on any atom is -0.497 e. The second kappa shape index (κ2) is 7.29. The molecule has 0 bridgehead atoms. The first-order valence-electron chi connectivity index (χ1n) is 8.41. The van der Waals surface area contributed by atoms with Crippen LogP contribution < -0.4 is 15.2 Å². The van der Waals surface area contributed by atoms with Gasteiger partial charge in [0.15, 0.2) is 0 Å². The number of ether oxygens (including phenoxy) is 1. The summed E-state index contributed by atoms with van der Waals surface area (Å²) in [5.74, 6) is -0.560. The number of aliphatic hydroxyl groups excluding tert-OH is 1. The van der Waals surface area contributed by atoms with E-state index in [1.165, 1.54) is 22.6 Å². The Balaban J connectivity index is 1.94. The molecule has 2 aromatic rings. The topological polar surface area (TPSA) is 71.8 Å². The van der Waals surface area contributed by atoms with Crippen molar-refractivity contribution in [1.82, 2.24) is 4.57 Å². The zero-order valence-corrected chi connectivity index (χ0v) is 14.7. The largest absolute Gasteiger partial charge is 0.497 e. The monoisotopic (exact) mass is 360 g/mol. The van der Waals surface area contributed by atoms with Crippen LogP contribution in [-0.2, 0) is 11.3 Å². The Bertz CT molecular complexity index is 894. The predicted molar refractivity (Wildman–Crippen MR) is 95.2 cm³/mol. The summed E-state index contributed by atoms with van der Waals surface area (Å²) >= 11 is 0. The van der Waals surface area contributed by atoms with Crippen LogP contribution in [-0.4, -0.2) is 35.8 Å². The maximum atomic E-state index is 14.4. The fraction of sp³-hybridized carbons (Fsp3) is 0.368. The Morgan fingerprint density at radius 1 is 1.31 bits per heavy atom. The zero-order valence-electron chi connectivity index (χ0n) is 14.7. The molecule has 0 spiro atoms. The first-order chi connectivity index (χ1) is 12.5. The number of methoxy groups -OCH3 is 1. The molecule has 3 rings (SSSR count). The zero-order chi connectivity index (χ0) is 18.8. The van der Waals surface area contributed by atoms with Crippen molar-refractivity contribution < 1.29 is 19.0 Å². The molecule has 26 heavy (non-hydrogen) atoms. The van der Waals surface area contributed by atoms with Gasteiger partial charge in [-0.3, -0.25) is 9.59 Å². The van der Waals surface area contributed by atoms with Gasteiger partial charge in [0.1, 0.15) is 17.3 Å². The van der Waals surface area contributed by atoms with Gasteiger partial charge in [0.05, 0.1) is 13.7 Å². The lowest BCUT2D eigenvalue weighted by Gasteiger charge is -2.20. The van der Waals surface area contributed by atoms with Gasteiger partial charge in [-0.15, -0.1) is 0 Å². The van der Waals surface area contributed by atoms with Gasteiger partial charge < -0.3 is 19.3 Å². The molecule has 0 aliphatic carbocycles. The van der Waals surface area contributed by atoms with Crippen molar-refractivity contribution in [2.75, 3.05) is 25.2 Å². The SMILES string of the molecule is COc1ccc([C@H]2CC(=O)N(c3c(C)ccn(CCO)c3=O)C2)c(F)c1. The molecule has 6 nitrogen and oxygen atoms in total. The molecule has 1 aromatic carbocycles. The van der Waals surface area contributed by atoms with Gasteiger partial charge in [-0.25, -0.2) is 4.39 Å². The molecule has 0 saturated carbocycles. The highest BCUT2D eigenvalue weighted by atomic mass is 19.1.